The van der Waals surface area contributed by atoms with E-state index in [2.05, 4.69) is 33.9 Å². The number of nitrogens with zero attached hydrogens (tertiary/aromatic N) is 1. The molecule has 0 saturated heterocycles. The molecule has 1 amide bonds. The van der Waals surface area contributed by atoms with E-state index in [0.29, 0.717) is 5.96 Å². The highest BCUT2D eigenvalue weighted by Crippen LogP contribution is 2.27. The second-order valence-electron chi connectivity index (χ2n) is 5.35. The highest BCUT2D eigenvalue weighted by atomic mass is 127. The van der Waals surface area contributed by atoms with Crippen LogP contribution in [0.4, 0.5) is 5.69 Å². The van der Waals surface area contributed by atoms with Crippen molar-refractivity contribution in [2.45, 2.75) is 26.2 Å². The van der Waals surface area contributed by atoms with Crippen LogP contribution in [0.3, 0.4) is 0 Å². The zero-order valence-corrected chi connectivity index (χ0v) is 15.5. The first kappa shape index (κ1) is 18.7. The smallest absolute Gasteiger partial charge is 0.243 e. The van der Waals surface area contributed by atoms with Gasteiger partial charge in [0.2, 0.25) is 5.91 Å². The van der Waals surface area contributed by atoms with Crippen LogP contribution in [0.1, 0.15) is 25.3 Å². The molecule has 1 aliphatic rings. The van der Waals surface area contributed by atoms with Crippen LogP contribution in [0.5, 0.6) is 0 Å². The number of carbonyl (C=O) groups is 1. The summed E-state index contributed by atoms with van der Waals surface area (Å²) in [4.78, 5) is 16.0. The molecule has 22 heavy (non-hydrogen) atoms. The van der Waals surface area contributed by atoms with Gasteiger partial charge in [-0.3, -0.25) is 9.79 Å². The number of hydrogen-bond acceptors (Lipinski definition) is 2. The van der Waals surface area contributed by atoms with Gasteiger partial charge in [-0.2, -0.15) is 0 Å². The summed E-state index contributed by atoms with van der Waals surface area (Å²) in [5.74, 6) is 1.38. The minimum absolute atomic E-state index is 0. The summed E-state index contributed by atoms with van der Waals surface area (Å²) in [6, 6.07) is 7.91. The van der Waals surface area contributed by atoms with Crippen molar-refractivity contribution in [3.8, 4) is 0 Å². The molecule has 0 aromatic heterocycles. The Kier molecular flexibility index (Phi) is 8.22. The molecule has 0 heterocycles. The highest BCUT2D eigenvalue weighted by Gasteiger charge is 2.21. The second-order valence-corrected chi connectivity index (χ2v) is 5.35. The van der Waals surface area contributed by atoms with E-state index >= 15 is 0 Å². The Hall–Kier alpha value is -1.31. The van der Waals surface area contributed by atoms with E-state index in [1.807, 2.05) is 18.2 Å². The molecule has 0 bridgehead atoms. The van der Waals surface area contributed by atoms with Crippen LogP contribution in [0.2, 0.25) is 0 Å². The van der Waals surface area contributed by atoms with Crippen LogP contribution in [0.15, 0.2) is 29.3 Å². The summed E-state index contributed by atoms with van der Waals surface area (Å²) in [5, 5.41) is 9.14. The number of hydrogen-bond donors (Lipinski definition) is 3. The average Bonchev–Trinajstić information content (AvgIpc) is 3.32. The number of guanidine groups is 1. The lowest BCUT2D eigenvalue weighted by Gasteiger charge is -2.12. The molecular weight excluding hydrogens is 391 g/mol. The molecule has 3 N–H and O–H groups in total. The van der Waals surface area contributed by atoms with Gasteiger partial charge in [0.15, 0.2) is 5.96 Å². The third-order valence-electron chi connectivity index (χ3n) is 3.51. The predicted octanol–water partition coefficient (Wildman–Crippen LogP) is 2.38. The van der Waals surface area contributed by atoms with E-state index in [4.69, 9.17) is 0 Å². The van der Waals surface area contributed by atoms with Gasteiger partial charge in [0.05, 0.1) is 6.54 Å². The van der Waals surface area contributed by atoms with Gasteiger partial charge < -0.3 is 16.0 Å². The summed E-state index contributed by atoms with van der Waals surface area (Å²) in [6.07, 6.45) is 3.54. The Bertz CT molecular complexity index is 515. The standard InChI is InChI=1S/C16H24N4O.HI/c1-3-12-5-4-6-14(9-12)20-15(21)11-19-16(17-2)18-10-13-7-8-13;/h4-6,9,13H,3,7-8,10-11H2,1-2H3,(H,20,21)(H2,17,18,19);1H. The lowest BCUT2D eigenvalue weighted by atomic mass is 10.1. The lowest BCUT2D eigenvalue weighted by Crippen LogP contribution is -2.42. The molecule has 0 radical (unpaired) electrons. The van der Waals surface area contributed by atoms with E-state index in [-0.39, 0.29) is 36.4 Å². The van der Waals surface area contributed by atoms with E-state index < -0.39 is 0 Å². The number of amides is 1. The van der Waals surface area contributed by atoms with E-state index in [0.717, 1.165) is 24.6 Å². The molecule has 0 atom stereocenters. The normalized spacial score (nSPS) is 14.0. The number of aryl methyl sites for hydroxylation is 1. The molecule has 2 rings (SSSR count). The Morgan fingerprint density at radius 2 is 2.09 bits per heavy atom. The summed E-state index contributed by atoms with van der Waals surface area (Å²) in [5.41, 5.74) is 2.05. The fourth-order valence-corrected chi connectivity index (χ4v) is 2.02. The van der Waals surface area contributed by atoms with Gasteiger partial charge in [-0.25, -0.2) is 0 Å². The third-order valence-corrected chi connectivity index (χ3v) is 3.51. The predicted molar refractivity (Wildman–Crippen MR) is 102 cm³/mol. The summed E-state index contributed by atoms with van der Waals surface area (Å²) < 4.78 is 0. The number of carbonyl (C=O) groups excluding carboxylic acids is 1. The largest absolute Gasteiger partial charge is 0.356 e. The lowest BCUT2D eigenvalue weighted by molar-refractivity contribution is -0.115. The first-order chi connectivity index (χ1) is 10.2. The molecule has 5 nitrogen and oxygen atoms in total. The average molecular weight is 416 g/mol. The minimum Gasteiger partial charge on any atom is -0.356 e. The van der Waals surface area contributed by atoms with E-state index in [9.17, 15) is 4.79 Å². The van der Waals surface area contributed by atoms with Gasteiger partial charge in [0.25, 0.3) is 0 Å². The molecule has 1 aromatic rings. The van der Waals surface area contributed by atoms with E-state index in [1.54, 1.807) is 7.05 Å². The van der Waals surface area contributed by atoms with Gasteiger partial charge >= 0.3 is 0 Å². The Labute approximate surface area is 149 Å². The fourth-order valence-electron chi connectivity index (χ4n) is 2.02. The van der Waals surface area contributed by atoms with Crippen LogP contribution in [0, 0.1) is 5.92 Å². The molecule has 0 unspecified atom stereocenters. The zero-order chi connectivity index (χ0) is 15.1. The maximum atomic E-state index is 11.9. The van der Waals surface area contributed by atoms with Gasteiger partial charge in [0.1, 0.15) is 0 Å². The van der Waals surface area contributed by atoms with Crippen molar-refractivity contribution >= 4 is 41.5 Å². The number of benzene rings is 1. The summed E-state index contributed by atoms with van der Waals surface area (Å²) in [6.45, 7) is 3.23. The third kappa shape index (κ3) is 6.64. The van der Waals surface area contributed by atoms with E-state index in [1.165, 1.54) is 18.4 Å². The van der Waals surface area contributed by atoms with Crippen molar-refractivity contribution in [2.24, 2.45) is 10.9 Å². The summed E-state index contributed by atoms with van der Waals surface area (Å²) in [7, 11) is 1.71. The molecule has 1 aromatic carbocycles. The molecule has 0 spiro atoms. The van der Waals surface area contributed by atoms with Crippen molar-refractivity contribution in [1.29, 1.82) is 0 Å². The maximum Gasteiger partial charge on any atom is 0.243 e. The van der Waals surface area contributed by atoms with Crippen LogP contribution in [-0.4, -0.2) is 32.0 Å². The first-order valence-electron chi connectivity index (χ1n) is 7.54. The van der Waals surface area contributed by atoms with Gasteiger partial charge in [-0.1, -0.05) is 19.1 Å². The molecule has 1 saturated carbocycles. The van der Waals surface area contributed by atoms with Crippen LogP contribution in [-0.2, 0) is 11.2 Å². The quantitative estimate of drug-likeness (QED) is 0.379. The Morgan fingerprint density at radius 1 is 1.32 bits per heavy atom. The molecule has 1 fully saturated rings. The molecule has 122 valence electrons. The number of anilines is 1. The molecule has 6 heteroatoms. The molecular formula is C16H25IN4O. The Morgan fingerprint density at radius 3 is 2.73 bits per heavy atom. The van der Waals surface area contributed by atoms with Crippen LogP contribution in [0.25, 0.3) is 0 Å². The van der Waals surface area contributed by atoms with Crippen molar-refractivity contribution in [3.05, 3.63) is 29.8 Å². The minimum atomic E-state index is -0.0716. The van der Waals surface area contributed by atoms with Gasteiger partial charge in [-0.15, -0.1) is 24.0 Å². The first-order valence-corrected chi connectivity index (χ1v) is 7.54. The monoisotopic (exact) mass is 416 g/mol. The zero-order valence-electron chi connectivity index (χ0n) is 13.2. The molecule has 0 aliphatic heterocycles. The SMILES string of the molecule is CCc1cccc(NC(=O)CNC(=NC)NCC2CC2)c1.I. The van der Waals surface area contributed by atoms with Gasteiger partial charge in [0, 0.05) is 19.3 Å². The molecule has 1 aliphatic carbocycles. The number of rotatable bonds is 6. The van der Waals surface area contributed by atoms with Crippen molar-refractivity contribution in [3.63, 3.8) is 0 Å². The van der Waals surface area contributed by atoms with Gasteiger partial charge in [-0.05, 0) is 42.9 Å². The van der Waals surface area contributed by atoms with Crippen molar-refractivity contribution in [1.82, 2.24) is 10.6 Å². The van der Waals surface area contributed by atoms with Crippen molar-refractivity contribution in [2.75, 3.05) is 25.5 Å². The topological polar surface area (TPSA) is 65.5 Å². The number of aliphatic imine (C=N–C) groups is 1. The Balaban J connectivity index is 0.00000242. The van der Waals surface area contributed by atoms with Crippen molar-refractivity contribution < 1.29 is 4.79 Å². The summed E-state index contributed by atoms with van der Waals surface area (Å²) >= 11 is 0. The number of halogens is 1. The second kappa shape index (κ2) is 9.66. The number of nitrogens with one attached hydrogen (secondary N) is 3. The van der Waals surface area contributed by atoms with Crippen LogP contribution < -0.4 is 16.0 Å². The highest BCUT2D eigenvalue weighted by molar-refractivity contribution is 14.0. The van der Waals surface area contributed by atoms with Crippen LogP contribution >= 0.6 is 24.0 Å². The fraction of sp³-hybridized carbons (Fsp3) is 0.500. The maximum absolute atomic E-state index is 11.9.